The molecule has 8 bridgehead atoms. The van der Waals surface area contributed by atoms with Gasteiger partial charge in [0.2, 0.25) is 5.91 Å². The van der Waals surface area contributed by atoms with Crippen LogP contribution < -0.4 is 10.6 Å². The van der Waals surface area contributed by atoms with Crippen molar-refractivity contribution in [2.75, 3.05) is 13.7 Å². The van der Waals surface area contributed by atoms with Crippen molar-refractivity contribution in [3.05, 3.63) is 88.5 Å². The number of aliphatic carboxylic acids is 2. The van der Waals surface area contributed by atoms with E-state index in [1.54, 1.807) is 6.08 Å². The molecule has 7 N–H and O–H groups in total. The van der Waals surface area contributed by atoms with Gasteiger partial charge in [-0.25, -0.2) is 4.98 Å². The molecule has 0 saturated heterocycles. The minimum absolute atomic E-state index is 0.0313. The summed E-state index contributed by atoms with van der Waals surface area (Å²) in [6.07, 6.45) is 2.73. The van der Waals surface area contributed by atoms with E-state index in [-0.39, 0.29) is 49.5 Å². The lowest BCUT2D eigenvalue weighted by Gasteiger charge is -2.18. The van der Waals surface area contributed by atoms with Crippen LogP contribution in [-0.4, -0.2) is 85.0 Å². The zero-order chi connectivity index (χ0) is 40.8. The van der Waals surface area contributed by atoms with Gasteiger partial charge < -0.3 is 35.3 Å². The highest BCUT2D eigenvalue weighted by atomic mass is 16.5. The van der Waals surface area contributed by atoms with Crippen LogP contribution in [0.5, 0.6) is 0 Å². The molecule has 0 aromatic carbocycles. The lowest BCUT2D eigenvalue weighted by Crippen LogP contribution is -2.45. The topological polar surface area (TPSA) is 220 Å². The van der Waals surface area contributed by atoms with Crippen LogP contribution >= 0.6 is 0 Å². The maximum Gasteiger partial charge on any atom is 0.321 e. The highest BCUT2D eigenvalue weighted by Gasteiger charge is 2.30. The second-order valence-electron chi connectivity index (χ2n) is 14.2. The fourth-order valence-electron chi connectivity index (χ4n) is 7.38. The fraction of sp³-hybridized carbons (Fsp3) is 0.381. The molecule has 3 aromatic rings. The molecule has 3 unspecified atom stereocenters. The Morgan fingerprint density at radius 3 is 2.25 bits per heavy atom. The standard InChI is InChI=1S/C42H50N6O8/c1-8-25-21(3)29-16-30-24(6)28(11-13-41(53)56-7)36(46-30)19-35-27(10-12-38(49)43-15-14-39(50)48-37(42(54)55)20-40(51)52)23(5)32(47-35)18-34-26(9-2)22(4)31(45-34)17-33(25)44-29/h8-9,16-19,24,28,37,39,44,47-48,50H,1-2,10-15,20H2,3-7H3,(H,43,49)(H,51,52)(H,54,55)/t24?,28?,37-,39?/m0/s1. The third-order valence-electron chi connectivity index (χ3n) is 10.7. The summed E-state index contributed by atoms with van der Waals surface area (Å²) in [7, 11) is 1.38. The Morgan fingerprint density at radius 2 is 1.59 bits per heavy atom. The number of carbonyl (C=O) groups is 4. The Morgan fingerprint density at radius 1 is 0.911 bits per heavy atom. The summed E-state index contributed by atoms with van der Waals surface area (Å²) >= 11 is 0. The largest absolute Gasteiger partial charge is 0.481 e. The van der Waals surface area contributed by atoms with Crippen LogP contribution in [-0.2, 0) is 30.3 Å². The van der Waals surface area contributed by atoms with Crippen molar-refractivity contribution in [1.82, 2.24) is 30.6 Å². The number of carboxylic acids is 2. The molecule has 5 rings (SSSR count). The number of methoxy groups -OCH3 is 1. The molecule has 2 aliphatic heterocycles. The normalized spacial score (nSPS) is 16.2. The van der Waals surface area contributed by atoms with Crippen LogP contribution in [0.2, 0.25) is 0 Å². The molecule has 1 amide bonds. The first-order valence-corrected chi connectivity index (χ1v) is 18.6. The van der Waals surface area contributed by atoms with Crippen molar-refractivity contribution in [3.63, 3.8) is 0 Å². The zero-order valence-corrected chi connectivity index (χ0v) is 32.4. The third-order valence-corrected chi connectivity index (χ3v) is 10.7. The molecule has 56 heavy (non-hydrogen) atoms. The van der Waals surface area contributed by atoms with Crippen molar-refractivity contribution in [2.45, 2.75) is 90.3 Å². The van der Waals surface area contributed by atoms with Crippen LogP contribution in [0, 0.1) is 13.8 Å². The van der Waals surface area contributed by atoms with Crippen LogP contribution in [0.25, 0.3) is 39.3 Å². The Balaban J connectivity index is 1.57. The molecule has 0 saturated carbocycles. The van der Waals surface area contributed by atoms with Gasteiger partial charge in [-0.2, -0.15) is 0 Å². The first kappa shape index (κ1) is 41.3. The number of aromatic amines is 2. The number of allylic oxidation sites excluding steroid dienone is 3. The molecule has 14 heteroatoms. The second-order valence-corrected chi connectivity index (χ2v) is 14.2. The second kappa shape index (κ2) is 17.7. The van der Waals surface area contributed by atoms with E-state index in [4.69, 9.17) is 19.8 Å². The number of nitrogens with one attached hydrogen (secondary N) is 4. The van der Waals surface area contributed by atoms with Crippen LogP contribution in [0.3, 0.4) is 0 Å². The van der Waals surface area contributed by atoms with E-state index >= 15 is 0 Å². The molecule has 3 aromatic heterocycles. The molecule has 4 atom stereocenters. The van der Waals surface area contributed by atoms with Crippen molar-refractivity contribution in [3.8, 4) is 0 Å². The van der Waals surface area contributed by atoms with E-state index < -0.39 is 30.6 Å². The quantitative estimate of drug-likeness (QED) is 0.0682. The number of ether oxygens (including phenoxy) is 1. The van der Waals surface area contributed by atoms with Gasteiger partial charge in [0, 0.05) is 82.2 Å². The summed E-state index contributed by atoms with van der Waals surface area (Å²) in [5.41, 5.74) is 12.1. The number of esters is 1. The van der Waals surface area contributed by atoms with Gasteiger partial charge in [-0.3, -0.25) is 29.5 Å². The Labute approximate surface area is 324 Å². The summed E-state index contributed by atoms with van der Waals surface area (Å²) < 4.78 is 4.98. The number of hydrogen-bond donors (Lipinski definition) is 7. The van der Waals surface area contributed by atoms with E-state index in [2.05, 4.69) is 46.7 Å². The molecule has 0 spiro atoms. The number of aliphatic hydroxyl groups is 1. The minimum Gasteiger partial charge on any atom is -0.481 e. The first-order chi connectivity index (χ1) is 26.6. The van der Waals surface area contributed by atoms with Gasteiger partial charge in [-0.05, 0) is 80.1 Å². The highest BCUT2D eigenvalue weighted by Crippen LogP contribution is 2.41. The molecule has 2 aliphatic rings. The van der Waals surface area contributed by atoms with Gasteiger partial charge in [0.25, 0.3) is 0 Å². The predicted octanol–water partition coefficient (Wildman–Crippen LogP) is 5.81. The number of hydrogen-bond acceptors (Lipinski definition) is 9. The SMILES string of the molecule is C=CC1=C(C)c2cc3[nH]c(cc4nc(cc5[nH]c(cc1n2)c(C)c5CCC(=O)NCCC(O)N[C@@H](CC(=O)O)C(=O)O)C(CCC(=O)OC)C4C)c(C)c3C=C. The summed E-state index contributed by atoms with van der Waals surface area (Å²) in [6.45, 7) is 16.3. The number of amides is 1. The average molecular weight is 767 g/mol. The van der Waals surface area contributed by atoms with E-state index in [0.717, 1.165) is 78.2 Å². The Bertz CT molecular complexity index is 2270. The minimum atomic E-state index is -1.47. The number of carboxylic acid groups (broad SMARTS) is 2. The number of aryl methyl sites for hydroxylation is 3. The van der Waals surface area contributed by atoms with Gasteiger partial charge in [0.15, 0.2) is 0 Å². The van der Waals surface area contributed by atoms with E-state index in [0.29, 0.717) is 12.8 Å². The average Bonchev–Trinajstić information content (AvgIpc) is 3.81. The number of fused-ring (bicyclic) bond motifs is 8. The van der Waals surface area contributed by atoms with E-state index in [1.165, 1.54) is 7.11 Å². The van der Waals surface area contributed by atoms with Gasteiger partial charge >= 0.3 is 17.9 Å². The number of aliphatic hydroxyl groups excluding tert-OH is 1. The monoisotopic (exact) mass is 766 g/mol. The highest BCUT2D eigenvalue weighted by molar-refractivity contribution is 5.97. The molecular weight excluding hydrogens is 716 g/mol. The van der Waals surface area contributed by atoms with Crippen molar-refractivity contribution >= 4 is 63.1 Å². The summed E-state index contributed by atoms with van der Waals surface area (Å²) in [5.74, 6) is -3.45. The smallest absolute Gasteiger partial charge is 0.321 e. The van der Waals surface area contributed by atoms with E-state index in [9.17, 15) is 29.4 Å². The lowest BCUT2D eigenvalue weighted by atomic mass is 9.87. The van der Waals surface area contributed by atoms with Crippen LogP contribution in [0.4, 0.5) is 0 Å². The number of H-pyrrole nitrogens is 2. The zero-order valence-electron chi connectivity index (χ0n) is 32.4. The molecule has 0 fully saturated rings. The van der Waals surface area contributed by atoms with Crippen molar-refractivity contribution in [2.24, 2.45) is 0 Å². The summed E-state index contributed by atoms with van der Waals surface area (Å²) in [6, 6.07) is 6.58. The van der Waals surface area contributed by atoms with Gasteiger partial charge in [0.1, 0.15) is 12.3 Å². The molecule has 14 nitrogen and oxygen atoms in total. The number of aromatic nitrogens is 4. The van der Waals surface area contributed by atoms with E-state index in [1.807, 2.05) is 45.0 Å². The predicted molar refractivity (Wildman–Crippen MR) is 214 cm³/mol. The molecule has 0 radical (unpaired) electrons. The van der Waals surface area contributed by atoms with Crippen LogP contribution in [0.15, 0.2) is 43.5 Å². The lowest BCUT2D eigenvalue weighted by molar-refractivity contribution is -0.147. The van der Waals surface area contributed by atoms with Gasteiger partial charge in [0.05, 0.1) is 24.9 Å². The summed E-state index contributed by atoms with van der Waals surface area (Å²) in [4.78, 5) is 65.1. The van der Waals surface area contributed by atoms with Crippen molar-refractivity contribution < 1.29 is 39.2 Å². The third kappa shape index (κ3) is 9.15. The Kier molecular flexibility index (Phi) is 13.1. The number of rotatable bonds is 16. The number of carbonyl (C=O) groups excluding carboxylic acids is 2. The first-order valence-electron chi connectivity index (χ1n) is 18.6. The maximum atomic E-state index is 13.1. The van der Waals surface area contributed by atoms with Crippen LogP contribution in [0.1, 0.15) is 103 Å². The molecular formula is C42H50N6O8. The molecule has 5 heterocycles. The fourth-order valence-corrected chi connectivity index (χ4v) is 7.38. The van der Waals surface area contributed by atoms with Gasteiger partial charge in [-0.15, -0.1) is 0 Å². The molecule has 296 valence electrons. The van der Waals surface area contributed by atoms with Gasteiger partial charge in [-0.1, -0.05) is 32.2 Å². The number of nitrogens with zero attached hydrogens (tertiary/aromatic N) is 2. The molecule has 0 aliphatic carbocycles. The maximum absolute atomic E-state index is 13.1. The van der Waals surface area contributed by atoms with Crippen molar-refractivity contribution in [1.29, 1.82) is 0 Å². The Hall–Kier alpha value is -5.86. The summed E-state index contributed by atoms with van der Waals surface area (Å²) in [5, 5.41) is 33.6.